The van der Waals surface area contributed by atoms with E-state index in [2.05, 4.69) is 14.7 Å². The number of benzene rings is 3. The molecule has 0 amide bonds. The van der Waals surface area contributed by atoms with Gasteiger partial charge in [-0.25, -0.2) is 13.4 Å². The van der Waals surface area contributed by atoms with Crippen LogP contribution in [0.3, 0.4) is 0 Å². The SMILES string of the molecule is CCOc1cc(C=Nc2ccc(S(=O)(=O)Nc3ccccn3)cc2)ccc1OCc1cccc(Cl)c1. The number of aliphatic imine (C=N–C) groups is 1. The summed E-state index contributed by atoms with van der Waals surface area (Å²) in [5, 5.41) is 0.655. The van der Waals surface area contributed by atoms with Crippen molar-refractivity contribution in [2.24, 2.45) is 4.99 Å². The topological polar surface area (TPSA) is 89.9 Å². The number of nitrogens with zero attached hydrogens (tertiary/aromatic N) is 2. The standard InChI is InChI=1S/C27H24ClN3O4S/c1-2-34-26-17-20(9-14-25(26)35-19-21-6-5-7-22(28)16-21)18-30-23-10-12-24(13-11-23)36(32,33)31-27-8-3-4-15-29-27/h3-18H,2,19H2,1H3,(H,29,31). The number of hydrogen-bond acceptors (Lipinski definition) is 6. The summed E-state index contributed by atoms with van der Waals surface area (Å²) in [5.74, 6) is 1.47. The van der Waals surface area contributed by atoms with Crippen LogP contribution < -0.4 is 14.2 Å². The van der Waals surface area contributed by atoms with Crippen LogP contribution in [0.1, 0.15) is 18.1 Å². The maximum absolute atomic E-state index is 12.6. The third kappa shape index (κ3) is 6.84. The Morgan fingerprint density at radius 1 is 0.944 bits per heavy atom. The maximum Gasteiger partial charge on any atom is 0.263 e. The van der Waals surface area contributed by atoms with Crippen molar-refractivity contribution in [1.29, 1.82) is 0 Å². The number of anilines is 1. The minimum atomic E-state index is -3.74. The Morgan fingerprint density at radius 2 is 1.78 bits per heavy atom. The van der Waals surface area contributed by atoms with Crippen molar-refractivity contribution in [2.45, 2.75) is 18.4 Å². The third-order valence-electron chi connectivity index (χ3n) is 4.96. The molecule has 0 fully saturated rings. The molecule has 1 heterocycles. The van der Waals surface area contributed by atoms with E-state index in [1.54, 1.807) is 36.5 Å². The lowest BCUT2D eigenvalue weighted by atomic mass is 10.2. The lowest BCUT2D eigenvalue weighted by Gasteiger charge is -2.13. The Morgan fingerprint density at radius 3 is 2.50 bits per heavy atom. The molecule has 4 aromatic rings. The van der Waals surface area contributed by atoms with Crippen LogP contribution in [0.15, 0.2) is 101 Å². The van der Waals surface area contributed by atoms with Gasteiger partial charge in [0.1, 0.15) is 12.4 Å². The van der Waals surface area contributed by atoms with Gasteiger partial charge in [-0.2, -0.15) is 0 Å². The molecule has 0 spiro atoms. The summed E-state index contributed by atoms with van der Waals surface area (Å²) in [6.45, 7) is 2.74. The van der Waals surface area contributed by atoms with Crippen molar-refractivity contribution in [1.82, 2.24) is 4.98 Å². The first-order chi connectivity index (χ1) is 17.4. The minimum Gasteiger partial charge on any atom is -0.490 e. The van der Waals surface area contributed by atoms with Crippen LogP contribution in [0.2, 0.25) is 5.02 Å². The van der Waals surface area contributed by atoms with E-state index in [4.69, 9.17) is 21.1 Å². The first kappa shape index (κ1) is 25.2. The molecule has 7 nitrogen and oxygen atoms in total. The highest BCUT2D eigenvalue weighted by Gasteiger charge is 2.14. The lowest BCUT2D eigenvalue weighted by molar-refractivity contribution is 0.269. The summed E-state index contributed by atoms with van der Waals surface area (Å²) < 4.78 is 39.3. The molecule has 0 saturated carbocycles. The van der Waals surface area contributed by atoms with Crippen molar-refractivity contribution < 1.29 is 17.9 Å². The Labute approximate surface area is 215 Å². The van der Waals surface area contributed by atoms with Crippen LogP contribution in [-0.4, -0.2) is 26.2 Å². The second-order valence-electron chi connectivity index (χ2n) is 7.63. The van der Waals surface area contributed by atoms with Crippen molar-refractivity contribution in [3.05, 3.63) is 107 Å². The number of nitrogens with one attached hydrogen (secondary N) is 1. The fourth-order valence-electron chi connectivity index (χ4n) is 3.26. The zero-order valence-electron chi connectivity index (χ0n) is 19.5. The van der Waals surface area contributed by atoms with Crippen molar-refractivity contribution in [3.63, 3.8) is 0 Å². The lowest BCUT2D eigenvalue weighted by Crippen LogP contribution is -2.13. The first-order valence-electron chi connectivity index (χ1n) is 11.1. The summed E-state index contributed by atoms with van der Waals surface area (Å²) in [6, 6.07) is 24.3. The molecule has 1 N–H and O–H groups in total. The molecule has 36 heavy (non-hydrogen) atoms. The summed E-state index contributed by atoms with van der Waals surface area (Å²) in [5.41, 5.74) is 2.37. The molecule has 184 valence electrons. The number of hydrogen-bond donors (Lipinski definition) is 1. The van der Waals surface area contributed by atoms with Crippen molar-refractivity contribution in [3.8, 4) is 11.5 Å². The highest BCUT2D eigenvalue weighted by molar-refractivity contribution is 7.92. The van der Waals surface area contributed by atoms with Gasteiger partial charge >= 0.3 is 0 Å². The van der Waals surface area contributed by atoms with Crippen molar-refractivity contribution in [2.75, 3.05) is 11.3 Å². The molecule has 1 aromatic heterocycles. The van der Waals surface area contributed by atoms with Crippen molar-refractivity contribution >= 4 is 39.3 Å². The van der Waals surface area contributed by atoms with Crippen LogP contribution in [0.5, 0.6) is 11.5 Å². The van der Waals surface area contributed by atoms with Gasteiger partial charge in [-0.15, -0.1) is 0 Å². The normalized spacial score (nSPS) is 11.4. The molecule has 4 rings (SSSR count). The van der Waals surface area contributed by atoms with Gasteiger partial charge in [-0.05, 0) is 84.8 Å². The molecule has 0 aliphatic heterocycles. The highest BCUT2D eigenvalue weighted by Crippen LogP contribution is 2.29. The Hall–Kier alpha value is -3.88. The van der Waals surface area contributed by atoms with Gasteiger partial charge in [0.25, 0.3) is 10.0 Å². The van der Waals surface area contributed by atoms with E-state index in [1.807, 2.05) is 49.4 Å². The first-order valence-corrected chi connectivity index (χ1v) is 13.0. The smallest absolute Gasteiger partial charge is 0.263 e. The zero-order valence-corrected chi connectivity index (χ0v) is 21.0. The van der Waals surface area contributed by atoms with Gasteiger partial charge in [0.05, 0.1) is 17.2 Å². The minimum absolute atomic E-state index is 0.118. The molecule has 3 aromatic carbocycles. The second kappa shape index (κ2) is 11.7. The van der Waals surface area contributed by atoms with Gasteiger partial charge < -0.3 is 9.47 Å². The zero-order chi connectivity index (χ0) is 25.4. The largest absolute Gasteiger partial charge is 0.490 e. The van der Waals surface area contributed by atoms with E-state index < -0.39 is 10.0 Å². The van der Waals surface area contributed by atoms with E-state index in [9.17, 15) is 8.42 Å². The number of ether oxygens (including phenoxy) is 2. The Balaban J connectivity index is 1.44. The molecular weight excluding hydrogens is 498 g/mol. The molecule has 0 radical (unpaired) electrons. The van der Waals surface area contributed by atoms with Crippen LogP contribution in [0.25, 0.3) is 0 Å². The average molecular weight is 522 g/mol. The molecule has 0 saturated heterocycles. The van der Waals surface area contributed by atoms with E-state index in [0.717, 1.165) is 11.1 Å². The van der Waals surface area contributed by atoms with Crippen LogP contribution in [0.4, 0.5) is 11.5 Å². The van der Waals surface area contributed by atoms with Gasteiger partial charge in [0.15, 0.2) is 11.5 Å². The van der Waals surface area contributed by atoms with Crippen LogP contribution in [0, 0.1) is 0 Å². The molecule has 0 atom stereocenters. The van der Waals surface area contributed by atoms with Gasteiger partial charge in [-0.1, -0.05) is 29.8 Å². The van der Waals surface area contributed by atoms with E-state index in [1.165, 1.54) is 18.3 Å². The Bertz CT molecular complexity index is 1440. The van der Waals surface area contributed by atoms with Gasteiger partial charge in [0.2, 0.25) is 0 Å². The number of sulfonamides is 1. The quantitative estimate of drug-likeness (QED) is 0.249. The monoisotopic (exact) mass is 521 g/mol. The summed E-state index contributed by atoms with van der Waals surface area (Å²) in [6.07, 6.45) is 3.20. The fraction of sp³-hybridized carbons (Fsp3) is 0.111. The third-order valence-corrected chi connectivity index (χ3v) is 6.57. The molecule has 0 bridgehead atoms. The summed E-state index contributed by atoms with van der Waals surface area (Å²) in [7, 11) is -3.74. The number of halogens is 1. The molecule has 0 unspecified atom stereocenters. The van der Waals surface area contributed by atoms with E-state index in [-0.39, 0.29) is 10.7 Å². The number of aromatic nitrogens is 1. The second-order valence-corrected chi connectivity index (χ2v) is 9.75. The summed E-state index contributed by atoms with van der Waals surface area (Å²) >= 11 is 6.05. The Kier molecular flexibility index (Phi) is 8.20. The predicted octanol–water partition coefficient (Wildman–Crippen LogP) is 6.26. The molecule has 0 aliphatic rings. The van der Waals surface area contributed by atoms with E-state index in [0.29, 0.717) is 35.4 Å². The van der Waals surface area contributed by atoms with E-state index >= 15 is 0 Å². The average Bonchev–Trinajstić information content (AvgIpc) is 2.88. The van der Waals surface area contributed by atoms with Gasteiger partial charge in [0, 0.05) is 17.4 Å². The predicted molar refractivity (Wildman–Crippen MR) is 142 cm³/mol. The fourth-order valence-corrected chi connectivity index (χ4v) is 4.48. The number of pyridine rings is 1. The van der Waals surface area contributed by atoms with Crippen LogP contribution >= 0.6 is 11.6 Å². The van der Waals surface area contributed by atoms with Crippen LogP contribution in [-0.2, 0) is 16.6 Å². The molecular formula is C27H24ClN3O4S. The summed E-state index contributed by atoms with van der Waals surface area (Å²) in [4.78, 5) is 8.56. The maximum atomic E-state index is 12.6. The van der Waals surface area contributed by atoms with Gasteiger partial charge in [-0.3, -0.25) is 9.71 Å². The molecule has 0 aliphatic carbocycles. The number of rotatable bonds is 10. The molecule has 9 heteroatoms. The highest BCUT2D eigenvalue weighted by atomic mass is 35.5.